The normalized spacial score (nSPS) is 11.1. The number of hydrogen-bond donors (Lipinski definition) is 0. The minimum absolute atomic E-state index is 0.0949. The van der Waals surface area contributed by atoms with Crippen LogP contribution in [0.25, 0.3) is 12.2 Å². The lowest BCUT2D eigenvalue weighted by molar-refractivity contribution is -0.135. The first-order valence-corrected chi connectivity index (χ1v) is 8.37. The van der Waals surface area contributed by atoms with Crippen LogP contribution in [0.5, 0.6) is 0 Å². The van der Waals surface area contributed by atoms with E-state index < -0.39 is 17.8 Å². The standard InChI is InChI=1S/C19H15Cl2NO5/c1-26-16(23)10-8-12-6-7-13(9-11-17(24)27-2)22(12)19(25)18-14(20)4-3-5-15(18)21/h3-11H,1-2H3/b10-8+,11-9+. The van der Waals surface area contributed by atoms with Crippen LogP contribution in [0.1, 0.15) is 21.7 Å². The molecule has 2 rings (SSSR count). The number of aromatic nitrogens is 1. The number of carbonyl (C=O) groups excluding carboxylic acids is 3. The van der Waals surface area contributed by atoms with E-state index in [1.165, 1.54) is 55.2 Å². The van der Waals surface area contributed by atoms with E-state index in [2.05, 4.69) is 9.47 Å². The number of rotatable bonds is 5. The lowest BCUT2D eigenvalue weighted by Gasteiger charge is -2.11. The Bertz CT molecular complexity index is 880. The molecule has 1 aromatic heterocycles. The average Bonchev–Trinajstić information content (AvgIpc) is 3.06. The van der Waals surface area contributed by atoms with Gasteiger partial charge in [0.15, 0.2) is 0 Å². The Kier molecular flexibility index (Phi) is 6.98. The van der Waals surface area contributed by atoms with Crippen LogP contribution in [0, 0.1) is 0 Å². The summed E-state index contributed by atoms with van der Waals surface area (Å²) in [7, 11) is 2.48. The molecule has 0 spiro atoms. The average molecular weight is 408 g/mol. The molecule has 6 nitrogen and oxygen atoms in total. The van der Waals surface area contributed by atoms with Crippen molar-refractivity contribution in [2.45, 2.75) is 0 Å². The van der Waals surface area contributed by atoms with E-state index in [1.807, 2.05) is 0 Å². The second-order valence-electron chi connectivity index (χ2n) is 5.13. The van der Waals surface area contributed by atoms with Gasteiger partial charge >= 0.3 is 11.9 Å². The van der Waals surface area contributed by atoms with E-state index in [0.29, 0.717) is 11.4 Å². The fraction of sp³-hybridized carbons (Fsp3) is 0.105. The molecule has 0 saturated heterocycles. The van der Waals surface area contributed by atoms with E-state index in [4.69, 9.17) is 23.2 Å². The highest BCUT2D eigenvalue weighted by Crippen LogP contribution is 2.27. The topological polar surface area (TPSA) is 74.6 Å². The molecule has 0 N–H and O–H groups in total. The number of carbonyl (C=O) groups is 3. The summed E-state index contributed by atoms with van der Waals surface area (Å²) in [5.41, 5.74) is 0.828. The summed E-state index contributed by atoms with van der Waals surface area (Å²) in [4.78, 5) is 35.9. The van der Waals surface area contributed by atoms with E-state index in [-0.39, 0.29) is 15.6 Å². The van der Waals surface area contributed by atoms with E-state index in [9.17, 15) is 14.4 Å². The highest BCUT2D eigenvalue weighted by molar-refractivity contribution is 6.39. The number of ether oxygens (including phenoxy) is 2. The van der Waals surface area contributed by atoms with Gasteiger partial charge in [-0.05, 0) is 36.4 Å². The first-order valence-electron chi connectivity index (χ1n) is 7.61. The van der Waals surface area contributed by atoms with Crippen molar-refractivity contribution in [2.75, 3.05) is 14.2 Å². The van der Waals surface area contributed by atoms with E-state index in [1.54, 1.807) is 18.2 Å². The minimum atomic E-state index is -0.586. The summed E-state index contributed by atoms with van der Waals surface area (Å²) in [5, 5.41) is 0.346. The molecule has 8 heteroatoms. The van der Waals surface area contributed by atoms with Gasteiger partial charge in [-0.1, -0.05) is 29.3 Å². The third-order valence-electron chi connectivity index (χ3n) is 3.50. The Hall–Kier alpha value is -2.83. The molecule has 0 amide bonds. The smallest absolute Gasteiger partial charge is 0.330 e. The zero-order valence-electron chi connectivity index (χ0n) is 14.4. The van der Waals surface area contributed by atoms with Crippen molar-refractivity contribution >= 4 is 53.2 Å². The van der Waals surface area contributed by atoms with Crippen molar-refractivity contribution in [1.82, 2.24) is 4.57 Å². The fourth-order valence-corrected chi connectivity index (χ4v) is 2.78. The van der Waals surface area contributed by atoms with Crippen LogP contribution < -0.4 is 0 Å². The zero-order chi connectivity index (χ0) is 20.0. The van der Waals surface area contributed by atoms with Crippen LogP contribution in [0.4, 0.5) is 0 Å². The number of benzene rings is 1. The third-order valence-corrected chi connectivity index (χ3v) is 4.13. The zero-order valence-corrected chi connectivity index (χ0v) is 16.0. The number of halogens is 2. The highest BCUT2D eigenvalue weighted by Gasteiger charge is 2.20. The van der Waals surface area contributed by atoms with Crippen molar-refractivity contribution in [3.63, 3.8) is 0 Å². The first kappa shape index (κ1) is 20.5. The number of esters is 2. The van der Waals surface area contributed by atoms with Gasteiger partial charge in [0.05, 0.1) is 29.8 Å². The van der Waals surface area contributed by atoms with Crippen LogP contribution in [-0.2, 0) is 19.1 Å². The van der Waals surface area contributed by atoms with Crippen LogP contribution >= 0.6 is 23.2 Å². The van der Waals surface area contributed by atoms with Gasteiger partial charge in [0, 0.05) is 23.5 Å². The summed E-state index contributed by atoms with van der Waals surface area (Å²) >= 11 is 12.3. The Morgan fingerprint density at radius 1 is 0.852 bits per heavy atom. The molecule has 0 fully saturated rings. The van der Waals surface area contributed by atoms with Crippen molar-refractivity contribution < 1.29 is 23.9 Å². The van der Waals surface area contributed by atoms with Gasteiger partial charge in [0.2, 0.25) is 0 Å². The highest BCUT2D eigenvalue weighted by atomic mass is 35.5. The van der Waals surface area contributed by atoms with Gasteiger partial charge in [-0.3, -0.25) is 9.36 Å². The molecule has 0 radical (unpaired) electrons. The Labute approximate surface area is 165 Å². The molecule has 0 aliphatic rings. The molecule has 0 atom stereocenters. The van der Waals surface area contributed by atoms with Gasteiger partial charge in [0.25, 0.3) is 5.91 Å². The minimum Gasteiger partial charge on any atom is -0.466 e. The monoisotopic (exact) mass is 407 g/mol. The molecule has 27 heavy (non-hydrogen) atoms. The van der Waals surface area contributed by atoms with Crippen molar-refractivity contribution in [3.05, 3.63) is 69.5 Å². The molecule has 1 aromatic carbocycles. The summed E-state index contributed by atoms with van der Waals surface area (Å²) < 4.78 is 10.4. The number of methoxy groups -OCH3 is 2. The van der Waals surface area contributed by atoms with Crippen LogP contribution in [0.3, 0.4) is 0 Å². The Morgan fingerprint density at radius 2 is 1.30 bits per heavy atom. The van der Waals surface area contributed by atoms with Gasteiger partial charge in [-0.15, -0.1) is 0 Å². The maximum Gasteiger partial charge on any atom is 0.330 e. The van der Waals surface area contributed by atoms with Crippen LogP contribution in [-0.4, -0.2) is 36.6 Å². The summed E-state index contributed by atoms with van der Waals surface area (Å²) in [6.45, 7) is 0. The van der Waals surface area contributed by atoms with E-state index in [0.717, 1.165) is 0 Å². The Morgan fingerprint density at radius 3 is 1.70 bits per heavy atom. The van der Waals surface area contributed by atoms with Crippen molar-refractivity contribution in [1.29, 1.82) is 0 Å². The predicted octanol–water partition coefficient (Wildman–Crippen LogP) is 3.86. The van der Waals surface area contributed by atoms with Crippen LogP contribution in [0.2, 0.25) is 10.0 Å². The summed E-state index contributed by atoms with van der Waals surface area (Å²) in [5.74, 6) is -1.69. The maximum atomic E-state index is 13.1. The molecule has 0 aliphatic heterocycles. The molecule has 2 aromatic rings. The summed E-state index contributed by atoms with van der Waals surface area (Å²) in [6.07, 6.45) is 5.15. The molecule has 1 heterocycles. The maximum absolute atomic E-state index is 13.1. The van der Waals surface area contributed by atoms with Gasteiger partial charge in [0.1, 0.15) is 0 Å². The van der Waals surface area contributed by atoms with Gasteiger partial charge in [-0.25, -0.2) is 9.59 Å². The molecule has 0 aliphatic carbocycles. The van der Waals surface area contributed by atoms with E-state index >= 15 is 0 Å². The summed E-state index contributed by atoms with van der Waals surface area (Å²) in [6, 6.07) is 7.89. The molecule has 0 saturated carbocycles. The fourth-order valence-electron chi connectivity index (χ4n) is 2.22. The second-order valence-corrected chi connectivity index (χ2v) is 5.95. The number of hydrogen-bond acceptors (Lipinski definition) is 5. The molecule has 0 unspecified atom stereocenters. The second kappa shape index (κ2) is 9.21. The van der Waals surface area contributed by atoms with Crippen LogP contribution in [0.15, 0.2) is 42.5 Å². The predicted molar refractivity (Wildman–Crippen MR) is 103 cm³/mol. The number of nitrogens with zero attached hydrogens (tertiary/aromatic N) is 1. The van der Waals surface area contributed by atoms with Gasteiger partial charge in [-0.2, -0.15) is 0 Å². The van der Waals surface area contributed by atoms with Crippen molar-refractivity contribution in [3.8, 4) is 0 Å². The largest absolute Gasteiger partial charge is 0.466 e. The molecular formula is C19H15Cl2NO5. The molecule has 0 bridgehead atoms. The SMILES string of the molecule is COC(=O)/C=C/c1ccc(/C=C/C(=O)OC)n1C(=O)c1c(Cl)cccc1Cl. The lowest BCUT2D eigenvalue weighted by atomic mass is 10.2. The molecular weight excluding hydrogens is 393 g/mol. The Balaban J connectivity index is 2.59. The quantitative estimate of drug-likeness (QED) is 0.555. The third kappa shape index (κ3) is 4.87. The lowest BCUT2D eigenvalue weighted by Crippen LogP contribution is -2.16. The van der Waals surface area contributed by atoms with Gasteiger partial charge < -0.3 is 9.47 Å². The molecule has 140 valence electrons. The first-order chi connectivity index (χ1) is 12.9. The van der Waals surface area contributed by atoms with Crippen molar-refractivity contribution in [2.24, 2.45) is 0 Å².